The number of hydrogen-bond acceptors (Lipinski definition) is 5. The van der Waals surface area contributed by atoms with Gasteiger partial charge in [-0.3, -0.25) is 4.79 Å². The molecule has 192 valence electrons. The summed E-state index contributed by atoms with van der Waals surface area (Å²) in [5, 5.41) is -1.87. The first kappa shape index (κ1) is 24.8. The van der Waals surface area contributed by atoms with Crippen molar-refractivity contribution >= 4 is 25.5 Å². The van der Waals surface area contributed by atoms with E-state index in [1.54, 1.807) is 60.7 Å². The van der Waals surface area contributed by atoms with Crippen molar-refractivity contribution < 1.29 is 21.6 Å². The van der Waals surface area contributed by atoms with Gasteiger partial charge in [-0.05, 0) is 35.4 Å². The Morgan fingerprint density at radius 2 is 0.737 bits per heavy atom. The molecule has 0 radical (unpaired) electrons. The van der Waals surface area contributed by atoms with Crippen LogP contribution in [-0.2, 0) is 24.5 Å². The molecule has 6 atom stereocenters. The van der Waals surface area contributed by atoms with Crippen LogP contribution in [0.4, 0.5) is 0 Å². The number of benzene rings is 4. The van der Waals surface area contributed by atoms with Crippen molar-refractivity contribution in [2.75, 3.05) is 0 Å². The van der Waals surface area contributed by atoms with Crippen molar-refractivity contribution in [3.05, 3.63) is 132 Å². The van der Waals surface area contributed by atoms with Gasteiger partial charge in [0.1, 0.15) is 5.78 Å². The molecule has 2 saturated carbocycles. The Bertz CT molecular complexity index is 1540. The monoisotopic (exact) mass is 542 g/mol. The molecule has 0 heterocycles. The number of carbonyl (C=O) groups is 1. The van der Waals surface area contributed by atoms with E-state index in [0.29, 0.717) is 0 Å². The van der Waals surface area contributed by atoms with Crippen molar-refractivity contribution in [1.29, 1.82) is 0 Å². The van der Waals surface area contributed by atoms with Crippen LogP contribution in [0.3, 0.4) is 0 Å². The lowest BCUT2D eigenvalue weighted by Gasteiger charge is -2.05. The first-order chi connectivity index (χ1) is 18.3. The molecule has 2 aliphatic carbocycles. The zero-order chi connectivity index (χ0) is 26.5. The quantitative estimate of drug-likeness (QED) is 0.310. The molecule has 0 unspecified atom stereocenters. The molecule has 0 aliphatic heterocycles. The number of Topliss-reactive ketones (excluding diaryl/α,β-unsaturated/α-hetero) is 1. The summed E-state index contributed by atoms with van der Waals surface area (Å²) >= 11 is 0. The van der Waals surface area contributed by atoms with E-state index in [9.17, 15) is 21.6 Å². The van der Waals surface area contributed by atoms with Crippen molar-refractivity contribution in [2.45, 2.75) is 32.1 Å². The van der Waals surface area contributed by atoms with Crippen LogP contribution in [-0.4, -0.2) is 33.1 Å². The lowest BCUT2D eigenvalue weighted by molar-refractivity contribution is -0.121. The highest BCUT2D eigenvalue weighted by Gasteiger charge is 2.70. The van der Waals surface area contributed by atoms with E-state index in [4.69, 9.17) is 0 Å². The summed E-state index contributed by atoms with van der Waals surface area (Å²) in [6.45, 7) is 0. The second-order valence-corrected chi connectivity index (χ2v) is 14.2. The summed E-state index contributed by atoms with van der Waals surface area (Å²) < 4.78 is 54.9. The molecule has 0 N–H and O–H groups in total. The predicted octanol–water partition coefficient (Wildman–Crippen LogP) is 5.07. The zero-order valence-electron chi connectivity index (χ0n) is 20.4. The molecule has 7 heteroatoms. The van der Waals surface area contributed by atoms with Gasteiger partial charge >= 0.3 is 0 Å². The molecule has 2 fully saturated rings. The summed E-state index contributed by atoms with van der Waals surface area (Å²) in [6.07, 6.45) is 0. The second-order valence-electron chi connectivity index (χ2n) is 9.97. The summed E-state index contributed by atoms with van der Waals surface area (Å²) in [5.74, 6) is -2.96. The molecule has 0 aromatic heterocycles. The van der Waals surface area contributed by atoms with Gasteiger partial charge in [-0.25, -0.2) is 16.8 Å². The number of carbonyl (C=O) groups excluding carboxylic acids is 1. The van der Waals surface area contributed by atoms with Gasteiger partial charge in [0.05, 0.1) is 20.3 Å². The van der Waals surface area contributed by atoms with Gasteiger partial charge in [0.2, 0.25) is 0 Å². The van der Waals surface area contributed by atoms with Gasteiger partial charge in [0.15, 0.2) is 19.7 Å². The Morgan fingerprint density at radius 1 is 0.447 bits per heavy atom. The van der Waals surface area contributed by atoms with Crippen LogP contribution >= 0.6 is 0 Å². The van der Waals surface area contributed by atoms with E-state index in [2.05, 4.69) is 0 Å². The molecular formula is C31H26O5S2. The normalized spacial score (nSPS) is 26.4. The highest BCUT2D eigenvalue weighted by atomic mass is 32.2. The molecule has 2 aliphatic rings. The Kier molecular flexibility index (Phi) is 6.08. The lowest BCUT2D eigenvalue weighted by atomic mass is 10.0. The van der Waals surface area contributed by atoms with Gasteiger partial charge in [-0.15, -0.1) is 0 Å². The molecule has 0 saturated heterocycles. The summed E-state index contributed by atoms with van der Waals surface area (Å²) in [5.41, 5.74) is 1.55. The van der Waals surface area contributed by atoms with Crippen molar-refractivity contribution in [2.24, 2.45) is 11.8 Å². The van der Waals surface area contributed by atoms with Crippen molar-refractivity contribution in [3.8, 4) is 0 Å². The molecule has 4 aromatic carbocycles. The fourth-order valence-corrected chi connectivity index (χ4v) is 10.2. The summed E-state index contributed by atoms with van der Waals surface area (Å²) in [7, 11) is -7.64. The maximum atomic E-state index is 14.2. The maximum Gasteiger partial charge on any atom is 0.182 e. The fraction of sp³-hybridized carbons (Fsp3) is 0.194. The van der Waals surface area contributed by atoms with Gasteiger partial charge in [0.25, 0.3) is 0 Å². The predicted molar refractivity (Wildman–Crippen MR) is 145 cm³/mol. The summed E-state index contributed by atoms with van der Waals surface area (Å²) in [6, 6.07) is 34.7. The van der Waals surface area contributed by atoms with E-state index in [0.717, 1.165) is 11.1 Å². The Balaban J connectivity index is 1.40. The Hall–Kier alpha value is -3.55. The molecular weight excluding hydrogens is 516 g/mol. The summed E-state index contributed by atoms with van der Waals surface area (Å²) in [4.78, 5) is 14.5. The van der Waals surface area contributed by atoms with Gasteiger partial charge < -0.3 is 0 Å². The van der Waals surface area contributed by atoms with Crippen LogP contribution in [0.5, 0.6) is 0 Å². The molecule has 0 amide bonds. The third kappa shape index (κ3) is 4.10. The lowest BCUT2D eigenvalue weighted by Crippen LogP contribution is -2.18. The number of ketones is 1. The minimum atomic E-state index is -3.82. The van der Waals surface area contributed by atoms with Crippen LogP contribution in [0.25, 0.3) is 0 Å². The molecule has 4 aromatic rings. The van der Waals surface area contributed by atoms with Crippen LogP contribution in [0.1, 0.15) is 23.0 Å². The number of rotatable bonds is 8. The topological polar surface area (TPSA) is 85.3 Å². The third-order valence-electron chi connectivity index (χ3n) is 7.79. The molecule has 6 rings (SSSR count). The van der Waals surface area contributed by atoms with Crippen LogP contribution in [0, 0.1) is 11.8 Å². The minimum Gasteiger partial charge on any atom is -0.299 e. The Labute approximate surface area is 223 Å². The van der Waals surface area contributed by atoms with Crippen LogP contribution < -0.4 is 0 Å². The minimum absolute atomic E-state index is 0.171. The number of sulfone groups is 2. The van der Waals surface area contributed by atoms with Gasteiger partial charge in [-0.2, -0.15) is 0 Å². The first-order valence-corrected chi connectivity index (χ1v) is 15.6. The fourth-order valence-electron chi connectivity index (χ4n) is 5.92. The molecule has 0 bridgehead atoms. The van der Waals surface area contributed by atoms with Crippen molar-refractivity contribution in [3.63, 3.8) is 0 Å². The Morgan fingerprint density at radius 3 is 1.05 bits per heavy atom. The highest BCUT2D eigenvalue weighted by molar-refractivity contribution is 7.92. The van der Waals surface area contributed by atoms with E-state index >= 15 is 0 Å². The largest absolute Gasteiger partial charge is 0.299 e. The molecule has 0 spiro atoms. The maximum absolute atomic E-state index is 14.2. The SMILES string of the molecule is O=C([C@@H]1[C@H](c2ccccc2)[C@H]1S(=O)(=O)c1ccccc1)[C@H]1[C@@H](c2ccccc2)[C@@H]1S(=O)(=O)c1ccccc1. The smallest absolute Gasteiger partial charge is 0.182 e. The average Bonchev–Trinajstić information content (AvgIpc) is 3.88. The molecule has 38 heavy (non-hydrogen) atoms. The average molecular weight is 543 g/mol. The van der Waals surface area contributed by atoms with E-state index < -0.39 is 53.8 Å². The van der Waals surface area contributed by atoms with E-state index in [1.807, 2.05) is 60.7 Å². The van der Waals surface area contributed by atoms with Gasteiger partial charge in [0, 0.05) is 23.7 Å². The zero-order valence-corrected chi connectivity index (χ0v) is 22.0. The number of hydrogen-bond donors (Lipinski definition) is 0. The van der Waals surface area contributed by atoms with Crippen LogP contribution in [0.15, 0.2) is 131 Å². The van der Waals surface area contributed by atoms with Gasteiger partial charge in [-0.1, -0.05) is 97.1 Å². The van der Waals surface area contributed by atoms with E-state index in [1.165, 1.54) is 0 Å². The standard InChI is InChI=1S/C31H26O5S2/c32-29(27-25(21-13-5-1-6-14-21)30(27)37(33,34)23-17-9-3-10-18-23)28-26(22-15-7-2-8-16-22)31(28)38(35,36)24-19-11-4-12-20-24/h1-20,25-28,30-31H/t25-,26+,27-,28+,30+,31-. The van der Waals surface area contributed by atoms with E-state index in [-0.39, 0.29) is 15.6 Å². The molecule has 5 nitrogen and oxygen atoms in total. The van der Waals surface area contributed by atoms with Crippen LogP contribution in [0.2, 0.25) is 0 Å². The first-order valence-electron chi connectivity index (χ1n) is 12.5. The second kappa shape index (κ2) is 9.33. The third-order valence-corrected chi connectivity index (χ3v) is 12.3. The van der Waals surface area contributed by atoms with Crippen molar-refractivity contribution in [1.82, 2.24) is 0 Å². The highest BCUT2D eigenvalue weighted by Crippen LogP contribution is 2.62.